The highest BCUT2D eigenvalue weighted by molar-refractivity contribution is 5.37. The Morgan fingerprint density at radius 1 is 1.10 bits per heavy atom. The molecule has 0 radical (unpaired) electrons. The molecule has 0 amide bonds. The van der Waals surface area contributed by atoms with E-state index >= 15 is 0 Å². The third-order valence-electron chi connectivity index (χ3n) is 3.17. The smallest absolute Gasteiger partial charge is 0.183 e. The van der Waals surface area contributed by atoms with Crippen LogP contribution in [0.5, 0.6) is 5.75 Å². The highest BCUT2D eigenvalue weighted by Gasteiger charge is 2.13. The summed E-state index contributed by atoms with van der Waals surface area (Å²) in [5.41, 5.74) is 7.30. The molecule has 0 bridgehead atoms. The zero-order valence-electron chi connectivity index (χ0n) is 12.6. The van der Waals surface area contributed by atoms with Crippen molar-refractivity contribution in [2.24, 2.45) is 5.73 Å². The first-order valence-corrected chi connectivity index (χ1v) is 7.48. The highest BCUT2D eigenvalue weighted by Crippen LogP contribution is 2.27. The maximum atomic E-state index is 10.1. The van der Waals surface area contributed by atoms with Crippen LogP contribution in [0.4, 0.5) is 0 Å². The lowest BCUT2D eigenvalue weighted by Gasteiger charge is -2.18. The van der Waals surface area contributed by atoms with E-state index in [0.29, 0.717) is 19.0 Å². The van der Waals surface area contributed by atoms with Gasteiger partial charge in [-0.2, -0.15) is 0 Å². The van der Waals surface area contributed by atoms with Crippen LogP contribution in [0.3, 0.4) is 0 Å². The van der Waals surface area contributed by atoms with Crippen LogP contribution >= 0.6 is 0 Å². The van der Waals surface area contributed by atoms with Gasteiger partial charge in [0.05, 0.1) is 0 Å². The molecule has 0 aromatic heterocycles. The van der Waals surface area contributed by atoms with Gasteiger partial charge >= 0.3 is 0 Å². The molecular formula is C16H27NO3. The molecule has 0 atom stereocenters. The standard InChI is InChI=1S/C16H27NO3/c1-3-19-16(20-4-2)14-10-9-13(15(18)12-14)8-6-5-7-11-17/h9-10,12,16,18H,3-8,11,17H2,1-2H3. The number of aryl methyl sites for hydroxylation is 1. The first-order valence-electron chi connectivity index (χ1n) is 7.48. The van der Waals surface area contributed by atoms with E-state index in [1.54, 1.807) is 6.07 Å². The number of hydrogen-bond acceptors (Lipinski definition) is 4. The van der Waals surface area contributed by atoms with Gasteiger partial charge in [0.2, 0.25) is 0 Å². The molecule has 1 aromatic rings. The number of benzene rings is 1. The molecule has 0 heterocycles. The van der Waals surface area contributed by atoms with Crippen molar-refractivity contribution < 1.29 is 14.6 Å². The van der Waals surface area contributed by atoms with E-state index in [9.17, 15) is 5.11 Å². The Labute approximate surface area is 121 Å². The van der Waals surface area contributed by atoms with E-state index < -0.39 is 6.29 Å². The minimum atomic E-state index is -0.401. The van der Waals surface area contributed by atoms with Crippen LogP contribution in [0.2, 0.25) is 0 Å². The fourth-order valence-corrected chi connectivity index (χ4v) is 2.12. The normalized spacial score (nSPS) is 11.2. The molecule has 0 unspecified atom stereocenters. The van der Waals surface area contributed by atoms with Gasteiger partial charge in [-0.3, -0.25) is 0 Å². The van der Waals surface area contributed by atoms with E-state index in [2.05, 4.69) is 0 Å². The van der Waals surface area contributed by atoms with Gasteiger partial charge in [-0.25, -0.2) is 0 Å². The van der Waals surface area contributed by atoms with E-state index in [1.165, 1.54) is 0 Å². The molecule has 20 heavy (non-hydrogen) atoms. The Balaban J connectivity index is 2.65. The van der Waals surface area contributed by atoms with Gasteiger partial charge in [-0.05, 0) is 51.3 Å². The summed E-state index contributed by atoms with van der Waals surface area (Å²) in [6, 6.07) is 5.67. The third kappa shape index (κ3) is 5.49. The first-order chi connectivity index (χ1) is 9.72. The summed E-state index contributed by atoms with van der Waals surface area (Å²) >= 11 is 0. The summed E-state index contributed by atoms with van der Waals surface area (Å²) < 4.78 is 11.1. The molecule has 1 rings (SSSR count). The van der Waals surface area contributed by atoms with Gasteiger partial charge in [-0.1, -0.05) is 18.6 Å². The second kappa shape index (κ2) is 9.75. The fourth-order valence-electron chi connectivity index (χ4n) is 2.12. The van der Waals surface area contributed by atoms with Crippen molar-refractivity contribution in [2.75, 3.05) is 19.8 Å². The molecule has 4 heteroatoms. The average Bonchev–Trinajstić information content (AvgIpc) is 2.45. The lowest BCUT2D eigenvalue weighted by Crippen LogP contribution is -2.09. The minimum absolute atomic E-state index is 0.319. The van der Waals surface area contributed by atoms with Crippen molar-refractivity contribution in [3.05, 3.63) is 29.3 Å². The van der Waals surface area contributed by atoms with Crippen molar-refractivity contribution >= 4 is 0 Å². The van der Waals surface area contributed by atoms with Crippen LogP contribution in [0, 0.1) is 0 Å². The quantitative estimate of drug-likeness (QED) is 0.511. The summed E-state index contributed by atoms with van der Waals surface area (Å²) in [4.78, 5) is 0. The van der Waals surface area contributed by atoms with Crippen LogP contribution in [0.1, 0.15) is 50.5 Å². The van der Waals surface area contributed by atoms with Crippen LogP contribution in [-0.4, -0.2) is 24.9 Å². The molecule has 0 aliphatic rings. The largest absolute Gasteiger partial charge is 0.508 e. The predicted molar refractivity (Wildman–Crippen MR) is 80.7 cm³/mol. The maximum Gasteiger partial charge on any atom is 0.183 e. The van der Waals surface area contributed by atoms with Crippen molar-refractivity contribution in [2.45, 2.75) is 45.8 Å². The molecule has 0 aliphatic heterocycles. The Morgan fingerprint density at radius 3 is 2.35 bits per heavy atom. The average molecular weight is 281 g/mol. The van der Waals surface area contributed by atoms with Crippen molar-refractivity contribution in [1.82, 2.24) is 0 Å². The number of phenols is 1. The van der Waals surface area contributed by atoms with Crippen LogP contribution in [0.15, 0.2) is 18.2 Å². The van der Waals surface area contributed by atoms with Gasteiger partial charge < -0.3 is 20.3 Å². The molecular weight excluding hydrogens is 254 g/mol. The van der Waals surface area contributed by atoms with Crippen LogP contribution in [0.25, 0.3) is 0 Å². The van der Waals surface area contributed by atoms with E-state index in [0.717, 1.165) is 43.4 Å². The SMILES string of the molecule is CCOC(OCC)c1ccc(CCCCCN)c(O)c1. The third-order valence-corrected chi connectivity index (χ3v) is 3.17. The van der Waals surface area contributed by atoms with Crippen molar-refractivity contribution in [3.8, 4) is 5.75 Å². The van der Waals surface area contributed by atoms with Crippen molar-refractivity contribution in [3.63, 3.8) is 0 Å². The molecule has 0 saturated carbocycles. The van der Waals surface area contributed by atoms with Crippen LogP contribution in [-0.2, 0) is 15.9 Å². The highest BCUT2D eigenvalue weighted by atomic mass is 16.7. The number of phenolic OH excluding ortho intramolecular Hbond substituents is 1. The topological polar surface area (TPSA) is 64.7 Å². The number of aromatic hydroxyl groups is 1. The van der Waals surface area contributed by atoms with Gasteiger partial charge in [0.15, 0.2) is 6.29 Å². The summed E-state index contributed by atoms with van der Waals surface area (Å²) in [5.74, 6) is 0.319. The van der Waals surface area contributed by atoms with E-state index in [-0.39, 0.29) is 0 Å². The second-order valence-corrected chi connectivity index (χ2v) is 4.73. The van der Waals surface area contributed by atoms with E-state index in [1.807, 2.05) is 26.0 Å². The first kappa shape index (κ1) is 17.0. The molecule has 1 aromatic carbocycles. The van der Waals surface area contributed by atoms with E-state index in [4.69, 9.17) is 15.2 Å². The van der Waals surface area contributed by atoms with Crippen LogP contribution < -0.4 is 5.73 Å². The maximum absolute atomic E-state index is 10.1. The molecule has 3 N–H and O–H groups in total. The van der Waals surface area contributed by atoms with Gasteiger partial charge in [0.25, 0.3) is 0 Å². The molecule has 114 valence electrons. The van der Waals surface area contributed by atoms with Gasteiger partial charge in [0, 0.05) is 18.8 Å². The molecule has 0 fully saturated rings. The summed E-state index contributed by atoms with van der Waals surface area (Å²) in [6.07, 6.45) is 3.65. The van der Waals surface area contributed by atoms with Crippen molar-refractivity contribution in [1.29, 1.82) is 0 Å². The monoisotopic (exact) mass is 281 g/mol. The minimum Gasteiger partial charge on any atom is -0.508 e. The Bertz CT molecular complexity index is 376. The molecule has 0 saturated heterocycles. The Hall–Kier alpha value is -1.10. The lowest BCUT2D eigenvalue weighted by molar-refractivity contribution is -0.140. The summed E-state index contributed by atoms with van der Waals surface area (Å²) in [7, 11) is 0. The fraction of sp³-hybridized carbons (Fsp3) is 0.625. The Morgan fingerprint density at radius 2 is 1.80 bits per heavy atom. The summed E-state index contributed by atoms with van der Waals surface area (Å²) in [5, 5.41) is 10.1. The predicted octanol–water partition coefficient (Wildman–Crippen LogP) is 3.14. The molecule has 4 nitrogen and oxygen atoms in total. The molecule has 0 aliphatic carbocycles. The second-order valence-electron chi connectivity index (χ2n) is 4.73. The summed E-state index contributed by atoms with van der Waals surface area (Å²) in [6.45, 7) is 5.74. The zero-order valence-corrected chi connectivity index (χ0v) is 12.6. The van der Waals surface area contributed by atoms with Gasteiger partial charge in [-0.15, -0.1) is 0 Å². The zero-order chi connectivity index (χ0) is 14.8. The Kier molecular flexibility index (Phi) is 8.26. The lowest BCUT2D eigenvalue weighted by atomic mass is 10.0. The number of ether oxygens (including phenoxy) is 2. The number of unbranched alkanes of at least 4 members (excludes halogenated alkanes) is 2. The molecule has 0 spiro atoms. The van der Waals surface area contributed by atoms with Gasteiger partial charge in [0.1, 0.15) is 5.75 Å². The number of nitrogens with two attached hydrogens (primary N) is 1. The number of hydrogen-bond donors (Lipinski definition) is 2. The number of rotatable bonds is 10.